The fraction of sp³-hybridized carbons (Fsp3) is 0.484. The van der Waals surface area contributed by atoms with Crippen molar-refractivity contribution in [3.05, 3.63) is 59.7 Å². The fourth-order valence-corrected chi connectivity index (χ4v) is 7.72. The number of aliphatic hydroxyl groups excluding tert-OH is 1. The van der Waals surface area contributed by atoms with E-state index in [9.17, 15) is 40.2 Å². The van der Waals surface area contributed by atoms with E-state index in [0.29, 0.717) is 56.5 Å². The quantitative estimate of drug-likeness (QED) is 0.202. The van der Waals surface area contributed by atoms with E-state index in [4.69, 9.17) is 11.5 Å². The molecule has 10 rings (SSSR count). The van der Waals surface area contributed by atoms with Crippen LogP contribution in [0.5, 0.6) is 0 Å². The molecule has 4 aromatic rings. The van der Waals surface area contributed by atoms with Gasteiger partial charge in [0.2, 0.25) is 0 Å². The smallest absolute Gasteiger partial charge is 0.388 e. The number of nitrogens with zero attached hydrogens (tertiary/aromatic N) is 6. The Labute approximate surface area is 268 Å². The number of pyridine rings is 2. The van der Waals surface area contributed by atoms with Gasteiger partial charge >= 0.3 is 12.4 Å². The summed E-state index contributed by atoms with van der Waals surface area (Å²) in [7, 11) is 0. The molecule has 0 saturated heterocycles. The van der Waals surface area contributed by atoms with E-state index in [2.05, 4.69) is 19.9 Å². The number of hydrogen-bond acceptors (Lipinski definition) is 7. The van der Waals surface area contributed by atoms with Gasteiger partial charge in [-0.1, -0.05) is 6.92 Å². The number of rotatable bonds is 6. The van der Waals surface area contributed by atoms with E-state index in [1.165, 1.54) is 12.4 Å². The number of anilines is 2. The Morgan fingerprint density at radius 3 is 1.42 bits per heavy atom. The molecular formula is C31H30F8N8O. The third-order valence-corrected chi connectivity index (χ3v) is 9.95. The van der Waals surface area contributed by atoms with Gasteiger partial charge < -0.3 is 25.7 Å². The highest BCUT2D eigenvalue weighted by molar-refractivity contribution is 5.63. The monoisotopic (exact) mass is 682 g/mol. The lowest BCUT2D eigenvalue weighted by atomic mass is 9.47. The van der Waals surface area contributed by atoms with Gasteiger partial charge in [0, 0.05) is 80.9 Å². The first-order chi connectivity index (χ1) is 22.3. The van der Waals surface area contributed by atoms with Crippen molar-refractivity contribution in [1.82, 2.24) is 29.1 Å². The lowest BCUT2D eigenvalue weighted by Crippen LogP contribution is -2.70. The summed E-state index contributed by atoms with van der Waals surface area (Å²) in [6, 6.07) is 1.85. The Morgan fingerprint density at radius 2 is 1.08 bits per heavy atom. The minimum atomic E-state index is -4.62. The Bertz CT molecular complexity index is 1750. The summed E-state index contributed by atoms with van der Waals surface area (Å²) in [4.78, 5) is 15.9. The number of halogens is 8. The highest BCUT2D eigenvalue weighted by atomic mass is 19.4. The highest BCUT2D eigenvalue weighted by Crippen LogP contribution is 2.68. The number of aliphatic hydroxyl groups is 1. The zero-order chi connectivity index (χ0) is 34.7. The maximum Gasteiger partial charge on any atom is 0.419 e. The topological polar surface area (TPSA) is 134 Å². The summed E-state index contributed by atoms with van der Waals surface area (Å²) >= 11 is 0. The molecule has 6 aliphatic carbocycles. The van der Waals surface area contributed by atoms with E-state index in [-0.39, 0.29) is 29.0 Å². The summed E-state index contributed by atoms with van der Waals surface area (Å²) in [6.07, 6.45) is -0.417. The number of aromatic nitrogens is 6. The van der Waals surface area contributed by atoms with Crippen molar-refractivity contribution in [3.63, 3.8) is 0 Å². The van der Waals surface area contributed by atoms with Crippen molar-refractivity contribution < 1.29 is 40.2 Å². The van der Waals surface area contributed by atoms with Crippen LogP contribution in [0.2, 0.25) is 0 Å². The first-order valence-electron chi connectivity index (χ1n) is 15.1. The second-order valence-electron chi connectivity index (χ2n) is 13.5. The molecule has 256 valence electrons. The van der Waals surface area contributed by atoms with Crippen molar-refractivity contribution in [2.45, 2.75) is 93.2 Å². The number of imidazole rings is 2. The third-order valence-electron chi connectivity index (χ3n) is 9.95. The standard InChI is InChI=1S/C16H16F4N4.C15H14F4N4O/c1-2-12-23-11(5-24(12)15-6-14(17,7-15)8-15)9-3-10(16(18,19)20)13(21)22-4-9;16-13-5-14(6-13,7-13)23-3-10(22-11(23)4-24)8-1-9(15(17,18)19)12(20)21-2-8/h3-5H,2,6-8H2,1H3,(H2,21,22);1-3,24H,4-7H2,(H2,20,21). The van der Waals surface area contributed by atoms with Gasteiger partial charge in [-0.05, 0) is 12.1 Å². The molecule has 17 heteroatoms. The van der Waals surface area contributed by atoms with Gasteiger partial charge in [0.05, 0.1) is 33.6 Å². The van der Waals surface area contributed by atoms with Crippen molar-refractivity contribution in [3.8, 4) is 22.5 Å². The maximum atomic E-state index is 13.8. The van der Waals surface area contributed by atoms with E-state index in [1.54, 1.807) is 17.0 Å². The average Bonchev–Trinajstić information content (AvgIpc) is 3.57. The normalized spacial score (nSPS) is 28.4. The van der Waals surface area contributed by atoms with Crippen LogP contribution in [0.25, 0.3) is 22.5 Å². The lowest BCUT2D eigenvalue weighted by Gasteiger charge is -2.66. The summed E-state index contributed by atoms with van der Waals surface area (Å²) in [5, 5.41) is 9.48. The Balaban J connectivity index is 0.000000152. The molecule has 5 N–H and O–H groups in total. The molecular weight excluding hydrogens is 652 g/mol. The van der Waals surface area contributed by atoms with Crippen LogP contribution in [0.3, 0.4) is 0 Å². The van der Waals surface area contributed by atoms with Crippen LogP contribution in [0.15, 0.2) is 36.9 Å². The second-order valence-corrected chi connectivity index (χ2v) is 13.5. The zero-order valence-electron chi connectivity index (χ0n) is 25.4. The summed E-state index contributed by atoms with van der Waals surface area (Å²) in [6.45, 7) is 1.54. The van der Waals surface area contributed by atoms with Crippen LogP contribution in [-0.2, 0) is 36.5 Å². The van der Waals surface area contributed by atoms with Crippen molar-refractivity contribution in [1.29, 1.82) is 0 Å². The first kappa shape index (κ1) is 32.3. The van der Waals surface area contributed by atoms with Crippen LogP contribution < -0.4 is 11.5 Å². The van der Waals surface area contributed by atoms with Gasteiger partial charge in [0.15, 0.2) is 0 Å². The molecule has 6 saturated carbocycles. The Kier molecular flexibility index (Phi) is 6.80. The molecule has 4 aromatic heterocycles. The first-order valence-corrected chi connectivity index (χ1v) is 15.1. The molecule has 0 spiro atoms. The number of aryl methyl sites for hydroxylation is 1. The molecule has 48 heavy (non-hydrogen) atoms. The van der Waals surface area contributed by atoms with Gasteiger partial charge in [-0.2, -0.15) is 26.3 Å². The molecule has 0 radical (unpaired) electrons. The molecule has 0 aliphatic heterocycles. The van der Waals surface area contributed by atoms with Gasteiger partial charge in [-0.3, -0.25) is 0 Å². The molecule has 4 bridgehead atoms. The van der Waals surface area contributed by atoms with E-state index < -0.39 is 52.0 Å². The van der Waals surface area contributed by atoms with Crippen molar-refractivity contribution >= 4 is 11.6 Å². The maximum absolute atomic E-state index is 13.8. The molecule has 0 amide bonds. The molecule has 0 aromatic carbocycles. The average molecular weight is 683 g/mol. The van der Waals surface area contributed by atoms with Crippen LogP contribution in [0.1, 0.15) is 68.2 Å². The van der Waals surface area contributed by atoms with E-state index in [0.717, 1.165) is 18.0 Å². The second kappa shape index (κ2) is 10.1. The Morgan fingerprint density at radius 1 is 0.708 bits per heavy atom. The largest absolute Gasteiger partial charge is 0.419 e. The SMILES string of the molecule is CCc1nc(-c2cnc(N)c(C(F)(F)F)c2)cn1C12CC(F)(C1)C2.Nc1ncc(-c2cn(C34CC(F)(C3)C4)c(CO)n2)cc1C(F)(F)F. The van der Waals surface area contributed by atoms with Crippen molar-refractivity contribution in [2.75, 3.05) is 11.5 Å². The number of nitrogen functional groups attached to an aromatic ring is 2. The molecule has 6 fully saturated rings. The van der Waals surface area contributed by atoms with Gasteiger partial charge in [-0.15, -0.1) is 0 Å². The summed E-state index contributed by atoms with van der Waals surface area (Å²) in [5.74, 6) is -0.110. The van der Waals surface area contributed by atoms with Crippen LogP contribution in [0.4, 0.5) is 46.8 Å². The van der Waals surface area contributed by atoms with E-state index >= 15 is 0 Å². The zero-order valence-corrected chi connectivity index (χ0v) is 25.4. The number of alkyl halides is 8. The number of hydrogen-bond donors (Lipinski definition) is 3. The highest BCUT2D eigenvalue weighted by Gasteiger charge is 2.71. The van der Waals surface area contributed by atoms with Gasteiger partial charge in [0.25, 0.3) is 0 Å². The van der Waals surface area contributed by atoms with Crippen molar-refractivity contribution in [2.24, 2.45) is 0 Å². The minimum absolute atomic E-state index is 0.145. The van der Waals surface area contributed by atoms with E-state index in [1.807, 2.05) is 11.5 Å². The molecule has 0 atom stereocenters. The van der Waals surface area contributed by atoms with Crippen LogP contribution in [0, 0.1) is 0 Å². The molecule has 4 heterocycles. The minimum Gasteiger partial charge on any atom is -0.388 e. The predicted molar refractivity (Wildman–Crippen MR) is 156 cm³/mol. The fourth-order valence-electron chi connectivity index (χ4n) is 7.72. The predicted octanol–water partition coefficient (Wildman–Crippen LogP) is 6.35. The lowest BCUT2D eigenvalue weighted by molar-refractivity contribution is -0.199. The summed E-state index contributed by atoms with van der Waals surface area (Å²) in [5.41, 5.74) is 6.83. The van der Waals surface area contributed by atoms with Crippen LogP contribution in [-0.4, -0.2) is 45.5 Å². The molecule has 9 nitrogen and oxygen atoms in total. The molecule has 6 aliphatic rings. The van der Waals surface area contributed by atoms with Gasteiger partial charge in [0.1, 0.15) is 41.2 Å². The van der Waals surface area contributed by atoms with Gasteiger partial charge in [-0.25, -0.2) is 28.7 Å². The Hall–Kier alpha value is -4.28. The van der Waals surface area contributed by atoms with Crippen LogP contribution >= 0.6 is 0 Å². The molecule has 0 unspecified atom stereocenters. The third kappa shape index (κ3) is 4.99. The summed E-state index contributed by atoms with van der Waals surface area (Å²) < 4.78 is 109. The number of nitrogens with two attached hydrogens (primary N) is 2.